The van der Waals surface area contributed by atoms with Crippen molar-refractivity contribution in [3.63, 3.8) is 0 Å². The predicted octanol–water partition coefficient (Wildman–Crippen LogP) is 3.96. The van der Waals surface area contributed by atoms with Crippen molar-refractivity contribution in [3.05, 3.63) is 50.6 Å². The van der Waals surface area contributed by atoms with Gasteiger partial charge in [-0.25, -0.2) is 9.18 Å². The molecule has 1 aromatic carbocycles. The summed E-state index contributed by atoms with van der Waals surface area (Å²) in [7, 11) is 1.38. The lowest BCUT2D eigenvalue weighted by Crippen LogP contribution is -2.48. The number of carbonyl (C=O) groups is 2. The first kappa shape index (κ1) is 23.2. The summed E-state index contributed by atoms with van der Waals surface area (Å²) >= 11 is 7.38. The van der Waals surface area contributed by atoms with Crippen LogP contribution in [0.1, 0.15) is 39.2 Å². The van der Waals surface area contributed by atoms with E-state index in [1.165, 1.54) is 29.4 Å². The molecule has 2 heterocycles. The summed E-state index contributed by atoms with van der Waals surface area (Å²) in [6, 6.07) is 4.81. The van der Waals surface area contributed by atoms with Crippen LogP contribution in [0.2, 0.25) is 5.02 Å². The minimum Gasteiger partial charge on any atom is -0.465 e. The number of benzene rings is 1. The van der Waals surface area contributed by atoms with Crippen molar-refractivity contribution in [2.45, 2.75) is 32.2 Å². The second kappa shape index (κ2) is 10.3. The molecule has 0 spiro atoms. The number of nitrogens with one attached hydrogen (secondary N) is 1. The Balaban J connectivity index is 1.31. The molecule has 1 saturated heterocycles. The molecule has 1 aliphatic heterocycles. The van der Waals surface area contributed by atoms with Crippen LogP contribution in [-0.4, -0.2) is 61.5 Å². The Kier molecular flexibility index (Phi) is 7.45. The van der Waals surface area contributed by atoms with Gasteiger partial charge in [0.1, 0.15) is 10.8 Å². The lowest BCUT2D eigenvalue weighted by Gasteiger charge is -2.34. The van der Waals surface area contributed by atoms with E-state index in [0.29, 0.717) is 17.1 Å². The van der Waals surface area contributed by atoms with Crippen molar-refractivity contribution in [1.29, 1.82) is 0 Å². The number of rotatable bonds is 6. The molecular weight excluding hydrogens is 453 g/mol. The normalized spacial score (nSPS) is 17.1. The number of amides is 1. The molecule has 4 rings (SSSR count). The lowest BCUT2D eigenvalue weighted by atomic mass is 9.95. The van der Waals surface area contributed by atoms with E-state index in [2.05, 4.69) is 15.1 Å². The van der Waals surface area contributed by atoms with Gasteiger partial charge in [-0.15, -0.1) is 11.3 Å². The molecule has 6 nitrogen and oxygen atoms in total. The number of hydrogen-bond acceptors (Lipinski definition) is 6. The number of anilines is 1. The Morgan fingerprint density at radius 2 is 1.88 bits per heavy atom. The molecule has 2 aromatic rings. The van der Waals surface area contributed by atoms with E-state index in [1.807, 2.05) is 0 Å². The number of halogens is 2. The molecule has 0 saturated carbocycles. The van der Waals surface area contributed by atoms with E-state index in [9.17, 15) is 14.0 Å². The second-order valence-electron chi connectivity index (χ2n) is 8.26. The monoisotopic (exact) mass is 479 g/mol. The van der Waals surface area contributed by atoms with Gasteiger partial charge in [-0.3, -0.25) is 14.6 Å². The van der Waals surface area contributed by atoms with Gasteiger partial charge in [0, 0.05) is 37.6 Å². The number of fused-ring (bicyclic) bond motifs is 1. The van der Waals surface area contributed by atoms with Crippen LogP contribution in [0.5, 0.6) is 0 Å². The number of nitrogens with zero attached hydrogens (tertiary/aromatic N) is 2. The van der Waals surface area contributed by atoms with E-state index >= 15 is 0 Å². The molecule has 0 unspecified atom stereocenters. The number of thiophene rings is 1. The van der Waals surface area contributed by atoms with Crippen LogP contribution in [0.3, 0.4) is 0 Å². The Bertz CT molecular complexity index is 1000. The lowest BCUT2D eigenvalue weighted by molar-refractivity contribution is -0.117. The van der Waals surface area contributed by atoms with Gasteiger partial charge < -0.3 is 10.1 Å². The van der Waals surface area contributed by atoms with Crippen LogP contribution < -0.4 is 5.32 Å². The molecule has 172 valence electrons. The van der Waals surface area contributed by atoms with Gasteiger partial charge in [-0.05, 0) is 48.9 Å². The number of carbonyl (C=O) groups excluding carboxylic acids is 2. The average molecular weight is 480 g/mol. The number of ether oxygens (including phenoxy) is 1. The smallest absolute Gasteiger partial charge is 0.341 e. The third-order valence-corrected chi connectivity index (χ3v) is 7.53. The highest BCUT2D eigenvalue weighted by atomic mass is 35.5. The Morgan fingerprint density at radius 1 is 1.16 bits per heavy atom. The van der Waals surface area contributed by atoms with E-state index in [4.69, 9.17) is 16.3 Å². The van der Waals surface area contributed by atoms with Crippen molar-refractivity contribution in [1.82, 2.24) is 9.80 Å². The maximum absolute atomic E-state index is 13.3. The zero-order valence-corrected chi connectivity index (χ0v) is 19.7. The molecule has 1 fully saturated rings. The molecule has 1 aromatic heterocycles. The van der Waals surface area contributed by atoms with E-state index in [1.54, 1.807) is 12.1 Å². The summed E-state index contributed by atoms with van der Waals surface area (Å²) in [5, 5.41) is 3.72. The summed E-state index contributed by atoms with van der Waals surface area (Å²) in [4.78, 5) is 30.6. The quantitative estimate of drug-likeness (QED) is 0.635. The van der Waals surface area contributed by atoms with Gasteiger partial charge in [0.2, 0.25) is 5.91 Å². The second-order valence-corrected chi connectivity index (χ2v) is 9.77. The van der Waals surface area contributed by atoms with Gasteiger partial charge in [0.15, 0.2) is 0 Å². The van der Waals surface area contributed by atoms with Crippen LogP contribution in [-0.2, 0) is 28.9 Å². The van der Waals surface area contributed by atoms with Crippen molar-refractivity contribution >= 4 is 39.8 Å². The average Bonchev–Trinajstić information content (AvgIpc) is 3.14. The summed E-state index contributed by atoms with van der Waals surface area (Å²) < 4.78 is 18.3. The molecule has 2 aliphatic rings. The number of piperazine rings is 1. The number of hydrogen-bond donors (Lipinski definition) is 1. The van der Waals surface area contributed by atoms with Crippen LogP contribution in [0.25, 0.3) is 0 Å². The molecule has 32 heavy (non-hydrogen) atoms. The van der Waals surface area contributed by atoms with Crippen LogP contribution >= 0.6 is 22.9 Å². The van der Waals surface area contributed by atoms with Crippen LogP contribution in [0.15, 0.2) is 18.2 Å². The fourth-order valence-corrected chi connectivity index (χ4v) is 5.84. The third kappa shape index (κ3) is 5.31. The predicted molar refractivity (Wildman–Crippen MR) is 124 cm³/mol. The van der Waals surface area contributed by atoms with Crippen molar-refractivity contribution < 1.29 is 18.7 Å². The van der Waals surface area contributed by atoms with E-state index < -0.39 is 5.82 Å². The molecule has 0 radical (unpaired) electrons. The minimum atomic E-state index is -0.409. The molecular formula is C23H27ClFN3O3S. The maximum atomic E-state index is 13.3. The SMILES string of the molecule is COC(=O)c1c(NC(=O)CN2CCN(Cc3ccc(F)c(Cl)c3)CC2)sc2c1CCCC2. The van der Waals surface area contributed by atoms with Crippen molar-refractivity contribution in [2.24, 2.45) is 0 Å². The summed E-state index contributed by atoms with van der Waals surface area (Å²) in [5.74, 6) is -0.907. The molecule has 0 bridgehead atoms. The zero-order valence-electron chi connectivity index (χ0n) is 18.1. The Hall–Kier alpha value is -2.00. The third-order valence-electron chi connectivity index (χ3n) is 6.04. The summed E-state index contributed by atoms with van der Waals surface area (Å²) in [5.41, 5.74) is 2.54. The zero-order chi connectivity index (χ0) is 22.7. The summed E-state index contributed by atoms with van der Waals surface area (Å²) in [6.45, 7) is 4.11. The first-order valence-corrected chi connectivity index (χ1v) is 12.1. The topological polar surface area (TPSA) is 61.9 Å². The van der Waals surface area contributed by atoms with Gasteiger partial charge in [0.05, 0.1) is 24.2 Å². The van der Waals surface area contributed by atoms with Gasteiger partial charge in [-0.2, -0.15) is 0 Å². The molecule has 9 heteroatoms. The van der Waals surface area contributed by atoms with Crippen LogP contribution in [0, 0.1) is 5.82 Å². The number of esters is 1. The Morgan fingerprint density at radius 3 is 2.59 bits per heavy atom. The highest BCUT2D eigenvalue weighted by molar-refractivity contribution is 7.17. The first-order valence-electron chi connectivity index (χ1n) is 10.9. The molecule has 1 N–H and O–H groups in total. The standard InChI is InChI=1S/C23H27ClFN3O3S/c1-31-23(30)21-16-4-2-3-5-19(16)32-22(21)26-20(29)14-28-10-8-27(9-11-28)13-15-6-7-18(25)17(24)12-15/h6-7,12H,2-5,8-11,13-14H2,1H3,(H,26,29). The maximum Gasteiger partial charge on any atom is 0.341 e. The van der Waals surface area contributed by atoms with Crippen molar-refractivity contribution in [3.8, 4) is 0 Å². The fraction of sp³-hybridized carbons (Fsp3) is 0.478. The molecule has 1 amide bonds. The van der Waals surface area contributed by atoms with E-state index in [0.717, 1.165) is 63.0 Å². The molecule has 0 atom stereocenters. The number of aryl methyl sites for hydroxylation is 1. The summed E-state index contributed by atoms with van der Waals surface area (Å²) in [6.07, 6.45) is 3.96. The van der Waals surface area contributed by atoms with E-state index in [-0.39, 0.29) is 23.4 Å². The van der Waals surface area contributed by atoms with Crippen LogP contribution in [0.4, 0.5) is 9.39 Å². The highest BCUT2D eigenvalue weighted by Crippen LogP contribution is 2.38. The minimum absolute atomic E-state index is 0.118. The van der Waals surface area contributed by atoms with Gasteiger partial charge >= 0.3 is 5.97 Å². The van der Waals surface area contributed by atoms with Gasteiger partial charge in [-0.1, -0.05) is 17.7 Å². The molecule has 1 aliphatic carbocycles. The first-order chi connectivity index (χ1) is 15.4. The largest absolute Gasteiger partial charge is 0.465 e. The van der Waals surface area contributed by atoms with Gasteiger partial charge in [0.25, 0.3) is 0 Å². The Labute approximate surface area is 196 Å². The fourth-order valence-electron chi connectivity index (χ4n) is 4.34. The highest BCUT2D eigenvalue weighted by Gasteiger charge is 2.27. The number of methoxy groups -OCH3 is 1. The van der Waals surface area contributed by atoms with Crippen molar-refractivity contribution in [2.75, 3.05) is 45.2 Å².